The van der Waals surface area contributed by atoms with Gasteiger partial charge in [0, 0.05) is 0 Å². The van der Waals surface area contributed by atoms with Crippen LogP contribution in [0.5, 0.6) is 0 Å². The van der Waals surface area contributed by atoms with Crippen molar-refractivity contribution in [2.75, 3.05) is 5.75 Å². The molecule has 1 aromatic rings. The van der Waals surface area contributed by atoms with Crippen LogP contribution in [0.4, 0.5) is 0 Å². The number of aliphatic carboxylic acids is 1. The molecule has 0 fully saturated rings. The Morgan fingerprint density at radius 2 is 1.75 bits per heavy atom. The number of rotatable bonds is 6. The van der Waals surface area contributed by atoms with Crippen molar-refractivity contribution in [1.82, 2.24) is 0 Å². The zero-order valence-corrected chi connectivity index (χ0v) is 13.0. The third-order valence-electron chi connectivity index (χ3n) is 3.34. The minimum atomic E-state index is -3.19. The average molecular weight is 298 g/mol. The molecule has 20 heavy (non-hydrogen) atoms. The fourth-order valence-corrected chi connectivity index (χ4v) is 3.06. The fraction of sp³-hybridized carbons (Fsp3) is 0.533. The third kappa shape index (κ3) is 4.34. The van der Waals surface area contributed by atoms with E-state index in [2.05, 4.69) is 0 Å². The lowest BCUT2D eigenvalue weighted by Crippen LogP contribution is -2.30. The number of carboxylic acids is 1. The van der Waals surface area contributed by atoms with Gasteiger partial charge < -0.3 is 5.11 Å². The summed E-state index contributed by atoms with van der Waals surface area (Å²) in [7, 11) is -3.19. The minimum Gasteiger partial charge on any atom is -0.481 e. The van der Waals surface area contributed by atoms with Gasteiger partial charge in [-0.25, -0.2) is 8.42 Å². The predicted octanol–water partition coefficient (Wildman–Crippen LogP) is 2.85. The maximum absolute atomic E-state index is 12.0. The molecule has 0 amide bonds. The van der Waals surface area contributed by atoms with Gasteiger partial charge >= 0.3 is 5.97 Å². The molecule has 0 aliphatic rings. The molecule has 1 N–H and O–H groups in total. The molecule has 0 saturated carbocycles. The van der Waals surface area contributed by atoms with E-state index < -0.39 is 26.5 Å². The largest absolute Gasteiger partial charge is 0.481 e. The zero-order valence-electron chi connectivity index (χ0n) is 12.2. The normalized spacial score (nSPS) is 13.9. The standard InChI is InChI=1S/C15H22O4S/c1-15(2,3)20(18,19)11-7-10-13(14(16)17)12-8-5-4-6-9-12/h4-6,8-9,13H,7,10-11H2,1-3H3,(H,16,17). The second-order valence-corrected chi connectivity index (χ2v) is 8.74. The summed E-state index contributed by atoms with van der Waals surface area (Å²) in [6.45, 7) is 4.98. The van der Waals surface area contributed by atoms with Gasteiger partial charge in [-0.05, 0) is 39.2 Å². The quantitative estimate of drug-likeness (QED) is 0.876. The van der Waals surface area contributed by atoms with Gasteiger partial charge in [0.05, 0.1) is 16.4 Å². The Labute approximate surface area is 120 Å². The van der Waals surface area contributed by atoms with Crippen molar-refractivity contribution in [2.24, 2.45) is 0 Å². The second-order valence-electron chi connectivity index (χ2n) is 5.87. The first-order valence-electron chi connectivity index (χ1n) is 6.65. The van der Waals surface area contributed by atoms with Crippen molar-refractivity contribution in [1.29, 1.82) is 0 Å². The van der Waals surface area contributed by atoms with Crippen molar-refractivity contribution in [3.05, 3.63) is 35.9 Å². The molecule has 1 rings (SSSR count). The molecule has 5 heteroatoms. The minimum absolute atomic E-state index is 0.0209. The summed E-state index contributed by atoms with van der Waals surface area (Å²) in [5.74, 6) is -1.54. The van der Waals surface area contributed by atoms with Gasteiger partial charge in [0.25, 0.3) is 0 Å². The van der Waals surface area contributed by atoms with Crippen LogP contribution < -0.4 is 0 Å². The lowest BCUT2D eigenvalue weighted by molar-refractivity contribution is -0.139. The molecule has 0 radical (unpaired) electrons. The van der Waals surface area contributed by atoms with E-state index in [1.807, 2.05) is 6.07 Å². The van der Waals surface area contributed by atoms with Gasteiger partial charge in [-0.15, -0.1) is 0 Å². The Balaban J connectivity index is 2.70. The highest BCUT2D eigenvalue weighted by molar-refractivity contribution is 7.92. The van der Waals surface area contributed by atoms with Crippen LogP contribution in [0.15, 0.2) is 30.3 Å². The summed E-state index contributed by atoms with van der Waals surface area (Å²) in [4.78, 5) is 11.3. The van der Waals surface area contributed by atoms with E-state index in [-0.39, 0.29) is 5.75 Å². The Morgan fingerprint density at radius 3 is 2.20 bits per heavy atom. The number of benzene rings is 1. The molecular formula is C15H22O4S. The van der Waals surface area contributed by atoms with Crippen LogP contribution in [-0.4, -0.2) is 30.0 Å². The summed E-state index contributed by atoms with van der Waals surface area (Å²) in [6, 6.07) is 8.93. The maximum atomic E-state index is 12.0. The van der Waals surface area contributed by atoms with Gasteiger partial charge in [0.2, 0.25) is 0 Å². The smallest absolute Gasteiger partial charge is 0.310 e. The number of sulfone groups is 1. The van der Waals surface area contributed by atoms with Crippen molar-refractivity contribution in [2.45, 2.75) is 44.3 Å². The highest BCUT2D eigenvalue weighted by Crippen LogP contribution is 2.24. The summed E-state index contributed by atoms with van der Waals surface area (Å²) in [5.41, 5.74) is 0.716. The Bertz CT molecular complexity index is 541. The maximum Gasteiger partial charge on any atom is 0.310 e. The molecule has 0 aromatic heterocycles. The van der Waals surface area contributed by atoms with Crippen LogP contribution >= 0.6 is 0 Å². The van der Waals surface area contributed by atoms with Crippen LogP contribution in [0.3, 0.4) is 0 Å². The van der Waals surface area contributed by atoms with Gasteiger partial charge in [-0.1, -0.05) is 30.3 Å². The SMILES string of the molecule is CC(C)(C)S(=O)(=O)CCCC(C(=O)O)c1ccccc1. The zero-order chi connectivity index (χ0) is 15.4. The lowest BCUT2D eigenvalue weighted by atomic mass is 9.95. The molecule has 0 spiro atoms. The molecule has 1 aromatic carbocycles. The molecule has 1 atom stereocenters. The van der Waals surface area contributed by atoms with E-state index in [0.29, 0.717) is 18.4 Å². The monoisotopic (exact) mass is 298 g/mol. The summed E-state index contributed by atoms with van der Waals surface area (Å²) in [6.07, 6.45) is 0.681. The van der Waals surface area contributed by atoms with Gasteiger partial charge in [0.1, 0.15) is 0 Å². The summed E-state index contributed by atoms with van der Waals surface area (Å²) >= 11 is 0. The highest BCUT2D eigenvalue weighted by atomic mass is 32.2. The van der Waals surface area contributed by atoms with E-state index in [9.17, 15) is 18.3 Å². The molecule has 0 aliphatic carbocycles. The van der Waals surface area contributed by atoms with Gasteiger partial charge in [-0.3, -0.25) is 4.79 Å². The molecule has 0 heterocycles. The van der Waals surface area contributed by atoms with Crippen LogP contribution in [0.1, 0.15) is 45.1 Å². The number of carbonyl (C=O) groups is 1. The highest BCUT2D eigenvalue weighted by Gasteiger charge is 2.29. The van der Waals surface area contributed by atoms with Crippen molar-refractivity contribution < 1.29 is 18.3 Å². The number of carboxylic acid groups (broad SMARTS) is 1. The average Bonchev–Trinajstić information content (AvgIpc) is 2.34. The molecule has 0 saturated heterocycles. The van der Waals surface area contributed by atoms with Crippen LogP contribution in [0.2, 0.25) is 0 Å². The van der Waals surface area contributed by atoms with Crippen LogP contribution in [0, 0.1) is 0 Å². The molecule has 0 aliphatic heterocycles. The predicted molar refractivity (Wildman–Crippen MR) is 79.6 cm³/mol. The van der Waals surface area contributed by atoms with Crippen molar-refractivity contribution in [3.8, 4) is 0 Å². The molecule has 112 valence electrons. The van der Waals surface area contributed by atoms with Crippen molar-refractivity contribution >= 4 is 15.8 Å². The number of hydrogen-bond acceptors (Lipinski definition) is 3. The molecule has 0 bridgehead atoms. The summed E-state index contributed by atoms with van der Waals surface area (Å²) < 4.78 is 23.2. The van der Waals surface area contributed by atoms with Crippen LogP contribution in [-0.2, 0) is 14.6 Å². The first-order valence-corrected chi connectivity index (χ1v) is 8.30. The van der Waals surface area contributed by atoms with Crippen molar-refractivity contribution in [3.63, 3.8) is 0 Å². The number of hydrogen-bond donors (Lipinski definition) is 1. The first kappa shape index (κ1) is 16.7. The Morgan fingerprint density at radius 1 is 1.20 bits per heavy atom. The molecule has 1 unspecified atom stereocenters. The molecular weight excluding hydrogens is 276 g/mol. The second kappa shape index (κ2) is 6.39. The van der Waals surface area contributed by atoms with E-state index >= 15 is 0 Å². The van der Waals surface area contributed by atoms with Gasteiger partial charge in [-0.2, -0.15) is 0 Å². The van der Waals surface area contributed by atoms with Gasteiger partial charge in [0.15, 0.2) is 9.84 Å². The molecule has 4 nitrogen and oxygen atoms in total. The Hall–Kier alpha value is -1.36. The van der Waals surface area contributed by atoms with E-state index in [4.69, 9.17) is 0 Å². The fourth-order valence-electron chi connectivity index (χ4n) is 1.90. The van der Waals surface area contributed by atoms with E-state index in [1.54, 1.807) is 45.0 Å². The van der Waals surface area contributed by atoms with E-state index in [1.165, 1.54) is 0 Å². The Kier molecular flexibility index (Phi) is 5.34. The first-order chi connectivity index (χ1) is 9.15. The van der Waals surface area contributed by atoms with E-state index in [0.717, 1.165) is 0 Å². The lowest BCUT2D eigenvalue weighted by Gasteiger charge is -2.20. The topological polar surface area (TPSA) is 71.4 Å². The third-order valence-corrected chi connectivity index (χ3v) is 6.03. The van der Waals surface area contributed by atoms with Crippen LogP contribution in [0.25, 0.3) is 0 Å². The summed E-state index contributed by atoms with van der Waals surface area (Å²) in [5, 5.41) is 9.27.